The number of anilines is 2. The molecule has 0 saturated heterocycles. The van der Waals surface area contributed by atoms with E-state index in [0.29, 0.717) is 23.4 Å². The number of H-pyrrole nitrogens is 1. The average molecular weight is 522 g/mol. The fraction of sp³-hybridized carbons (Fsp3) is 0.130. The molecule has 0 aliphatic carbocycles. The number of tetrazole rings is 1. The van der Waals surface area contributed by atoms with Gasteiger partial charge in [0.25, 0.3) is 0 Å². The van der Waals surface area contributed by atoms with Crippen molar-refractivity contribution >= 4 is 17.4 Å². The lowest BCUT2D eigenvalue weighted by Crippen LogP contribution is -2.21. The highest BCUT2D eigenvalue weighted by Crippen LogP contribution is 2.38. The largest absolute Gasteiger partial charge is 0.497 e. The van der Waals surface area contributed by atoms with E-state index < -0.39 is 35.2 Å². The summed E-state index contributed by atoms with van der Waals surface area (Å²) >= 11 is 0. The summed E-state index contributed by atoms with van der Waals surface area (Å²) in [5, 5.41) is 18.0. The SMILES string of the molecule is COc1ccc(-c2ccc(NC(=O)Nc3cc(C(F)(F)F)cc(C(F)(F)F)c3)c(-c3nn[nH]n3)c2)cc1. The van der Waals surface area contributed by atoms with Crippen molar-refractivity contribution in [1.29, 1.82) is 0 Å². The maximum Gasteiger partial charge on any atom is 0.416 e. The van der Waals surface area contributed by atoms with Gasteiger partial charge in [-0.25, -0.2) is 4.79 Å². The zero-order valence-corrected chi connectivity index (χ0v) is 18.7. The van der Waals surface area contributed by atoms with Gasteiger partial charge < -0.3 is 15.4 Å². The van der Waals surface area contributed by atoms with Crippen LogP contribution in [0.1, 0.15) is 11.1 Å². The highest BCUT2D eigenvalue weighted by Gasteiger charge is 2.37. The summed E-state index contributed by atoms with van der Waals surface area (Å²) in [4.78, 5) is 12.6. The van der Waals surface area contributed by atoms with Crippen molar-refractivity contribution in [1.82, 2.24) is 20.6 Å². The molecule has 2 amide bonds. The quantitative estimate of drug-likeness (QED) is 0.270. The monoisotopic (exact) mass is 522 g/mol. The van der Waals surface area contributed by atoms with Gasteiger partial charge in [0.2, 0.25) is 5.82 Å². The van der Waals surface area contributed by atoms with Gasteiger partial charge in [0, 0.05) is 11.3 Å². The van der Waals surface area contributed by atoms with Crippen molar-refractivity contribution in [3.05, 3.63) is 71.8 Å². The van der Waals surface area contributed by atoms with E-state index in [2.05, 4.69) is 25.9 Å². The lowest BCUT2D eigenvalue weighted by atomic mass is 10.0. The van der Waals surface area contributed by atoms with Crippen LogP contribution in [0.2, 0.25) is 0 Å². The number of urea groups is 1. The Labute approximate surface area is 204 Å². The Morgan fingerprint density at radius 1 is 0.838 bits per heavy atom. The fourth-order valence-electron chi connectivity index (χ4n) is 3.39. The molecule has 192 valence electrons. The van der Waals surface area contributed by atoms with Crippen LogP contribution < -0.4 is 15.4 Å². The van der Waals surface area contributed by atoms with Crippen LogP contribution in [-0.2, 0) is 12.4 Å². The minimum atomic E-state index is -5.06. The molecule has 4 rings (SSSR count). The molecule has 3 N–H and O–H groups in total. The van der Waals surface area contributed by atoms with Crippen LogP contribution in [0, 0.1) is 0 Å². The number of carbonyl (C=O) groups is 1. The lowest BCUT2D eigenvalue weighted by Gasteiger charge is -2.16. The summed E-state index contributed by atoms with van der Waals surface area (Å²) in [6.07, 6.45) is -10.1. The molecule has 3 aromatic carbocycles. The normalized spacial score (nSPS) is 11.8. The Morgan fingerprint density at radius 3 is 2.00 bits per heavy atom. The smallest absolute Gasteiger partial charge is 0.416 e. The molecule has 0 fully saturated rings. The Kier molecular flexibility index (Phi) is 6.74. The molecule has 0 radical (unpaired) electrons. The van der Waals surface area contributed by atoms with Gasteiger partial charge in [0.05, 0.1) is 23.9 Å². The number of hydrogen-bond acceptors (Lipinski definition) is 5. The van der Waals surface area contributed by atoms with E-state index in [4.69, 9.17) is 4.74 Å². The highest BCUT2D eigenvalue weighted by atomic mass is 19.4. The second kappa shape index (κ2) is 9.79. The van der Waals surface area contributed by atoms with Gasteiger partial charge in [-0.15, -0.1) is 10.2 Å². The van der Waals surface area contributed by atoms with Gasteiger partial charge in [-0.1, -0.05) is 18.2 Å². The van der Waals surface area contributed by atoms with Crippen LogP contribution in [0.4, 0.5) is 42.5 Å². The number of methoxy groups -OCH3 is 1. The third-order valence-electron chi connectivity index (χ3n) is 5.12. The first kappa shape index (κ1) is 25.5. The van der Waals surface area contributed by atoms with E-state index in [1.807, 2.05) is 5.32 Å². The molecule has 0 unspecified atom stereocenters. The molecule has 0 saturated carbocycles. The highest BCUT2D eigenvalue weighted by molar-refractivity contribution is 6.02. The summed E-state index contributed by atoms with van der Waals surface area (Å²) in [7, 11) is 1.53. The van der Waals surface area contributed by atoms with E-state index in [9.17, 15) is 31.1 Å². The number of halogens is 6. The van der Waals surface area contributed by atoms with Crippen LogP contribution in [-0.4, -0.2) is 33.8 Å². The molecule has 8 nitrogen and oxygen atoms in total. The number of benzene rings is 3. The number of amides is 2. The number of hydrogen-bond donors (Lipinski definition) is 3. The van der Waals surface area contributed by atoms with Crippen LogP contribution in [0.25, 0.3) is 22.5 Å². The zero-order valence-electron chi connectivity index (χ0n) is 18.7. The third kappa shape index (κ3) is 5.97. The van der Waals surface area contributed by atoms with Crippen molar-refractivity contribution in [2.24, 2.45) is 0 Å². The van der Waals surface area contributed by atoms with Crippen LogP contribution >= 0.6 is 0 Å². The number of nitrogens with one attached hydrogen (secondary N) is 3. The summed E-state index contributed by atoms with van der Waals surface area (Å²) in [5.41, 5.74) is -1.93. The van der Waals surface area contributed by atoms with E-state index >= 15 is 0 Å². The van der Waals surface area contributed by atoms with Crippen LogP contribution in [0.3, 0.4) is 0 Å². The molecule has 37 heavy (non-hydrogen) atoms. The Balaban J connectivity index is 1.64. The van der Waals surface area contributed by atoms with E-state index in [1.165, 1.54) is 13.2 Å². The van der Waals surface area contributed by atoms with Crippen molar-refractivity contribution in [2.45, 2.75) is 12.4 Å². The van der Waals surface area contributed by atoms with Gasteiger partial charge >= 0.3 is 18.4 Å². The zero-order chi connectivity index (χ0) is 26.8. The number of carbonyl (C=O) groups excluding carboxylic acids is 1. The predicted molar refractivity (Wildman–Crippen MR) is 121 cm³/mol. The number of ether oxygens (including phenoxy) is 1. The number of rotatable bonds is 5. The molecular weight excluding hydrogens is 506 g/mol. The van der Waals surface area contributed by atoms with Gasteiger partial charge in [-0.2, -0.15) is 31.6 Å². The Hall–Kier alpha value is -4.62. The lowest BCUT2D eigenvalue weighted by molar-refractivity contribution is -0.143. The number of aromatic nitrogens is 4. The van der Waals surface area contributed by atoms with Crippen molar-refractivity contribution in [3.8, 4) is 28.3 Å². The molecule has 4 aromatic rings. The van der Waals surface area contributed by atoms with E-state index in [1.54, 1.807) is 36.4 Å². The second-order valence-electron chi connectivity index (χ2n) is 7.60. The topological polar surface area (TPSA) is 105 Å². The standard InChI is InChI=1S/C23H16F6N6O2/c1-37-17-5-2-12(3-6-17)13-4-7-19(18(8-13)20-32-34-35-33-20)31-21(36)30-16-10-14(22(24,25)26)9-15(11-16)23(27,28)29/h2-11H,1H3,(H2,30,31,36)(H,32,33,34,35). The number of nitrogens with zero attached hydrogens (tertiary/aromatic N) is 3. The third-order valence-corrected chi connectivity index (χ3v) is 5.12. The van der Waals surface area contributed by atoms with Gasteiger partial charge in [-0.05, 0) is 58.8 Å². The Bertz CT molecular complexity index is 1370. The first-order valence-corrected chi connectivity index (χ1v) is 10.3. The summed E-state index contributed by atoms with van der Waals surface area (Å²) < 4.78 is 83.9. The second-order valence-corrected chi connectivity index (χ2v) is 7.60. The van der Waals surface area contributed by atoms with Gasteiger partial charge in [0.15, 0.2) is 0 Å². The van der Waals surface area contributed by atoms with E-state index in [-0.39, 0.29) is 23.1 Å². The molecule has 0 spiro atoms. The molecule has 0 aliphatic rings. The van der Waals surface area contributed by atoms with Crippen LogP contribution in [0.15, 0.2) is 60.7 Å². The summed E-state index contributed by atoms with van der Waals surface area (Å²) in [6.45, 7) is 0. The van der Waals surface area contributed by atoms with E-state index in [0.717, 1.165) is 5.56 Å². The fourth-order valence-corrected chi connectivity index (χ4v) is 3.39. The average Bonchev–Trinajstić information content (AvgIpc) is 3.38. The van der Waals surface area contributed by atoms with Crippen LogP contribution in [0.5, 0.6) is 5.75 Å². The maximum absolute atomic E-state index is 13.1. The molecule has 1 heterocycles. The molecule has 0 aliphatic heterocycles. The van der Waals surface area contributed by atoms with Crippen molar-refractivity contribution in [2.75, 3.05) is 17.7 Å². The Morgan fingerprint density at radius 2 is 1.46 bits per heavy atom. The van der Waals surface area contributed by atoms with Crippen molar-refractivity contribution in [3.63, 3.8) is 0 Å². The number of aromatic amines is 1. The van der Waals surface area contributed by atoms with Gasteiger partial charge in [-0.3, -0.25) is 0 Å². The molecular formula is C23H16F6N6O2. The van der Waals surface area contributed by atoms with Crippen molar-refractivity contribution < 1.29 is 35.9 Å². The first-order chi connectivity index (χ1) is 17.4. The number of alkyl halides is 6. The summed E-state index contributed by atoms with van der Waals surface area (Å²) in [5.74, 6) is 0.726. The van der Waals surface area contributed by atoms with Gasteiger partial charge in [0.1, 0.15) is 5.75 Å². The summed E-state index contributed by atoms with van der Waals surface area (Å²) in [6, 6.07) is 11.5. The molecule has 0 atom stereocenters. The minimum absolute atomic E-state index is 0.0324. The predicted octanol–water partition coefficient (Wildman–Crippen LogP) is 6.22. The first-order valence-electron chi connectivity index (χ1n) is 10.3. The molecule has 14 heteroatoms. The maximum atomic E-state index is 13.1. The molecule has 0 bridgehead atoms. The molecule has 1 aromatic heterocycles. The minimum Gasteiger partial charge on any atom is -0.497 e.